The first-order valence-electron chi connectivity index (χ1n) is 8.37. The molecular weight excluding hydrogens is 365 g/mol. The summed E-state index contributed by atoms with van der Waals surface area (Å²) in [5.41, 5.74) is 0.168. The first-order valence-corrected chi connectivity index (χ1v) is 9.13. The summed E-state index contributed by atoms with van der Waals surface area (Å²) < 4.78 is 10.3. The minimum absolute atomic E-state index is 0.132. The molecule has 1 saturated carbocycles. The topological polar surface area (TPSA) is 64.6 Å². The molecule has 2 rings (SSSR count). The Labute approximate surface area is 158 Å². The van der Waals surface area contributed by atoms with E-state index in [4.69, 9.17) is 32.7 Å². The van der Waals surface area contributed by atoms with Gasteiger partial charge in [0.05, 0.1) is 22.7 Å². The van der Waals surface area contributed by atoms with E-state index in [1.54, 1.807) is 6.92 Å². The molecule has 1 N–H and O–H groups in total. The van der Waals surface area contributed by atoms with E-state index >= 15 is 0 Å². The summed E-state index contributed by atoms with van der Waals surface area (Å²) in [6, 6.07) is 2.94. The summed E-state index contributed by atoms with van der Waals surface area (Å²) in [5, 5.41) is 3.39. The molecule has 0 saturated heterocycles. The first kappa shape index (κ1) is 19.9. The SMILES string of the molecule is COc1c(Cl)cc(C(=O)O[C@H](C)C(=O)N[C@@H]2CCCC[C@H]2C)cc1Cl. The average Bonchev–Trinajstić information content (AvgIpc) is 2.56. The standard InChI is InChI=1S/C18H23Cl2NO4/c1-10-6-4-5-7-15(10)21-17(22)11(2)25-18(23)12-8-13(19)16(24-3)14(20)9-12/h8-11,15H,4-7H2,1-3H3,(H,21,22)/t10-,11-,15-/m1/s1. The van der Waals surface area contributed by atoms with Crippen LogP contribution in [0.5, 0.6) is 5.75 Å². The van der Waals surface area contributed by atoms with Gasteiger partial charge in [0, 0.05) is 6.04 Å². The Balaban J connectivity index is 1.98. The maximum absolute atomic E-state index is 12.3. The van der Waals surface area contributed by atoms with Crippen molar-refractivity contribution in [3.8, 4) is 5.75 Å². The van der Waals surface area contributed by atoms with Gasteiger partial charge in [-0.25, -0.2) is 4.79 Å². The molecule has 1 aliphatic rings. The number of rotatable bonds is 5. The Morgan fingerprint density at radius 1 is 1.20 bits per heavy atom. The van der Waals surface area contributed by atoms with Gasteiger partial charge in [-0.15, -0.1) is 0 Å². The molecule has 0 unspecified atom stereocenters. The zero-order valence-electron chi connectivity index (χ0n) is 14.6. The van der Waals surface area contributed by atoms with Crippen molar-refractivity contribution in [1.82, 2.24) is 5.32 Å². The summed E-state index contributed by atoms with van der Waals surface area (Å²) in [7, 11) is 1.43. The zero-order valence-corrected chi connectivity index (χ0v) is 16.1. The molecule has 1 aromatic carbocycles. The first-order chi connectivity index (χ1) is 11.8. The van der Waals surface area contributed by atoms with E-state index in [2.05, 4.69) is 12.2 Å². The lowest BCUT2D eigenvalue weighted by Crippen LogP contribution is -2.45. The predicted molar refractivity (Wildman–Crippen MR) is 97.5 cm³/mol. The van der Waals surface area contributed by atoms with Gasteiger partial charge < -0.3 is 14.8 Å². The van der Waals surface area contributed by atoms with E-state index in [9.17, 15) is 9.59 Å². The van der Waals surface area contributed by atoms with Crippen LogP contribution < -0.4 is 10.1 Å². The van der Waals surface area contributed by atoms with Crippen molar-refractivity contribution in [1.29, 1.82) is 0 Å². The monoisotopic (exact) mass is 387 g/mol. The molecule has 7 heteroatoms. The molecular formula is C18H23Cl2NO4. The number of carbonyl (C=O) groups is 2. The molecule has 1 fully saturated rings. The van der Waals surface area contributed by atoms with Crippen molar-refractivity contribution in [2.45, 2.75) is 51.7 Å². The van der Waals surface area contributed by atoms with Crippen LogP contribution in [0, 0.1) is 5.92 Å². The highest BCUT2D eigenvalue weighted by atomic mass is 35.5. The fraction of sp³-hybridized carbons (Fsp3) is 0.556. The fourth-order valence-corrected chi connectivity index (χ4v) is 3.63. The lowest BCUT2D eigenvalue weighted by atomic mass is 9.86. The molecule has 1 aromatic rings. The zero-order chi connectivity index (χ0) is 18.6. The number of esters is 1. The summed E-state index contributed by atoms with van der Waals surface area (Å²) in [4.78, 5) is 24.6. The van der Waals surface area contributed by atoms with Gasteiger partial charge in [-0.3, -0.25) is 4.79 Å². The molecule has 138 valence electrons. The van der Waals surface area contributed by atoms with Crippen molar-refractivity contribution >= 4 is 35.1 Å². The fourth-order valence-electron chi connectivity index (χ4n) is 2.99. The second-order valence-corrected chi connectivity index (χ2v) is 7.21. The maximum Gasteiger partial charge on any atom is 0.339 e. The Hall–Kier alpha value is -1.46. The van der Waals surface area contributed by atoms with Gasteiger partial charge in [0.25, 0.3) is 5.91 Å². The van der Waals surface area contributed by atoms with Crippen molar-refractivity contribution in [3.05, 3.63) is 27.7 Å². The van der Waals surface area contributed by atoms with Crippen LogP contribution in [0.4, 0.5) is 0 Å². The third-order valence-electron chi connectivity index (χ3n) is 4.53. The lowest BCUT2D eigenvalue weighted by molar-refractivity contribution is -0.130. The minimum atomic E-state index is -0.902. The molecule has 25 heavy (non-hydrogen) atoms. The van der Waals surface area contributed by atoms with Crippen LogP contribution in [0.25, 0.3) is 0 Å². The largest absolute Gasteiger partial charge is 0.494 e. The molecule has 3 atom stereocenters. The number of hydrogen-bond donors (Lipinski definition) is 1. The van der Waals surface area contributed by atoms with Crippen LogP contribution in [-0.2, 0) is 9.53 Å². The second kappa shape index (κ2) is 8.77. The Morgan fingerprint density at radius 2 is 1.80 bits per heavy atom. The molecule has 0 bridgehead atoms. The van der Waals surface area contributed by atoms with E-state index in [0.717, 1.165) is 19.3 Å². The molecule has 0 aliphatic heterocycles. The van der Waals surface area contributed by atoms with Crippen LogP contribution in [-0.4, -0.2) is 31.1 Å². The maximum atomic E-state index is 12.3. The second-order valence-electron chi connectivity index (χ2n) is 6.40. The van der Waals surface area contributed by atoms with Crippen molar-refractivity contribution in [2.75, 3.05) is 7.11 Å². The normalized spacial score (nSPS) is 21.3. The lowest BCUT2D eigenvalue weighted by Gasteiger charge is -2.30. The molecule has 1 aliphatic carbocycles. The number of methoxy groups -OCH3 is 1. The number of ether oxygens (including phenoxy) is 2. The van der Waals surface area contributed by atoms with E-state index < -0.39 is 12.1 Å². The van der Waals surface area contributed by atoms with E-state index in [-0.39, 0.29) is 33.3 Å². The van der Waals surface area contributed by atoms with Crippen LogP contribution in [0.2, 0.25) is 10.0 Å². The summed E-state index contributed by atoms with van der Waals surface area (Å²) >= 11 is 12.1. The number of hydrogen-bond acceptors (Lipinski definition) is 4. The van der Waals surface area contributed by atoms with Crippen LogP contribution in [0.1, 0.15) is 49.9 Å². The quantitative estimate of drug-likeness (QED) is 0.767. The molecule has 1 amide bonds. The molecule has 0 radical (unpaired) electrons. The van der Waals surface area contributed by atoms with Gasteiger partial charge in [0.1, 0.15) is 0 Å². The van der Waals surface area contributed by atoms with Crippen molar-refractivity contribution < 1.29 is 19.1 Å². The molecule has 5 nitrogen and oxygen atoms in total. The molecule has 0 aromatic heterocycles. The highest BCUT2D eigenvalue weighted by Crippen LogP contribution is 2.34. The van der Waals surface area contributed by atoms with Gasteiger partial charge in [0.2, 0.25) is 0 Å². The number of benzene rings is 1. The smallest absolute Gasteiger partial charge is 0.339 e. The summed E-state index contributed by atoms with van der Waals surface area (Å²) in [5.74, 6) is -0.236. The van der Waals surface area contributed by atoms with Gasteiger partial charge in [-0.05, 0) is 37.8 Å². The Bertz CT molecular complexity index is 627. The average molecular weight is 388 g/mol. The van der Waals surface area contributed by atoms with Gasteiger partial charge in [-0.2, -0.15) is 0 Å². The van der Waals surface area contributed by atoms with Crippen LogP contribution in [0.3, 0.4) is 0 Å². The number of carbonyl (C=O) groups excluding carboxylic acids is 2. The van der Waals surface area contributed by atoms with Gasteiger partial charge in [-0.1, -0.05) is 43.0 Å². The van der Waals surface area contributed by atoms with Crippen LogP contribution >= 0.6 is 23.2 Å². The van der Waals surface area contributed by atoms with Crippen molar-refractivity contribution in [3.63, 3.8) is 0 Å². The molecule has 0 spiro atoms. The van der Waals surface area contributed by atoms with E-state index in [1.807, 2.05) is 0 Å². The van der Waals surface area contributed by atoms with Crippen molar-refractivity contribution in [2.24, 2.45) is 5.92 Å². The number of amides is 1. The van der Waals surface area contributed by atoms with E-state index in [0.29, 0.717) is 5.92 Å². The minimum Gasteiger partial charge on any atom is -0.494 e. The Kier molecular flexibility index (Phi) is 6.96. The number of nitrogens with one attached hydrogen (secondary N) is 1. The third kappa shape index (κ3) is 5.02. The summed E-state index contributed by atoms with van der Waals surface area (Å²) in [6.07, 6.45) is 3.45. The van der Waals surface area contributed by atoms with Crippen LogP contribution in [0.15, 0.2) is 12.1 Å². The number of halogens is 2. The molecule has 0 heterocycles. The van der Waals surface area contributed by atoms with Gasteiger partial charge >= 0.3 is 5.97 Å². The highest BCUT2D eigenvalue weighted by Gasteiger charge is 2.27. The van der Waals surface area contributed by atoms with Gasteiger partial charge in [0.15, 0.2) is 11.9 Å². The Morgan fingerprint density at radius 3 is 2.36 bits per heavy atom. The predicted octanol–water partition coefficient (Wildman–Crippen LogP) is 4.24. The third-order valence-corrected chi connectivity index (χ3v) is 5.09. The van der Waals surface area contributed by atoms with E-state index in [1.165, 1.54) is 25.7 Å². The summed E-state index contributed by atoms with van der Waals surface area (Å²) in [6.45, 7) is 3.68. The highest BCUT2D eigenvalue weighted by molar-refractivity contribution is 6.37.